The van der Waals surface area contributed by atoms with Crippen LogP contribution in [0.1, 0.15) is 87.8 Å². The summed E-state index contributed by atoms with van der Waals surface area (Å²) in [6.45, 7) is 17.2. The first-order valence-electron chi connectivity index (χ1n) is 20.2. The van der Waals surface area contributed by atoms with Gasteiger partial charge in [0.2, 0.25) is 5.91 Å². The fourth-order valence-corrected chi connectivity index (χ4v) is 8.19. The van der Waals surface area contributed by atoms with Gasteiger partial charge in [-0.1, -0.05) is 37.3 Å². The molecule has 0 spiro atoms. The molecule has 2 fully saturated rings. The Morgan fingerprint density at radius 2 is 1.80 bits per heavy atom. The first-order valence-corrected chi connectivity index (χ1v) is 20.2. The van der Waals surface area contributed by atoms with Crippen molar-refractivity contribution < 1.29 is 14.3 Å². The molecule has 0 radical (unpaired) electrons. The highest BCUT2D eigenvalue weighted by atomic mass is 16.5. The van der Waals surface area contributed by atoms with Gasteiger partial charge in [-0.15, -0.1) is 0 Å². The number of carbonyl (C=O) groups excluding carboxylic acids is 2. The van der Waals surface area contributed by atoms with Gasteiger partial charge in [0.25, 0.3) is 5.91 Å². The van der Waals surface area contributed by atoms with E-state index in [2.05, 4.69) is 85.7 Å². The molecule has 3 aromatic carbocycles. The number of benzene rings is 3. The highest BCUT2D eigenvalue weighted by Gasteiger charge is 2.26. The molecule has 11 nitrogen and oxygen atoms in total. The SMILES string of the molecule is CCc1nc2c(cnn2CC)c(NC2CCOCC2)c1CN(Cc1ccc(C)c(-c2cccc(CN3CCNC[C@@H]3C)c2)c1)C(=O)c1cc(C)cc(C(N)=O)c1. The van der Waals surface area contributed by atoms with Crippen molar-refractivity contribution in [3.63, 3.8) is 0 Å². The molecule has 4 N–H and O–H groups in total. The van der Waals surface area contributed by atoms with Crippen LogP contribution in [0.2, 0.25) is 0 Å². The number of hydrogen-bond donors (Lipinski definition) is 3. The number of nitrogens with zero attached hydrogens (tertiary/aromatic N) is 5. The van der Waals surface area contributed by atoms with Gasteiger partial charge in [-0.05, 0) is 111 Å². The molecule has 1 atom stereocenters. The van der Waals surface area contributed by atoms with Crippen molar-refractivity contribution in [1.29, 1.82) is 0 Å². The molecule has 2 aliphatic rings. The number of fused-ring (bicyclic) bond motifs is 1. The van der Waals surface area contributed by atoms with Crippen LogP contribution in [-0.4, -0.2) is 81.3 Å². The standard InChI is InChI=1S/C45H56N8O3/c1-6-41-40(42(49-37-13-17-56-18-14-37)39-25-48-53(7-2)44(39)50-41)28-52(45(55)36-20-29(3)19-35(23-36)43(46)54)27-33-12-11-30(4)38(22-33)34-10-8-9-32(21-34)26-51-16-15-47-24-31(51)5/h8-12,19-23,25,31,37,47H,6-7,13-18,24,26-28H2,1-5H3,(H2,46,54)(H,49,50)/t31-/m0/s1. The number of piperazine rings is 1. The van der Waals surface area contributed by atoms with Crippen LogP contribution in [0.15, 0.2) is 66.9 Å². The number of aromatic nitrogens is 3. The fraction of sp³-hybridized carbons (Fsp3) is 0.422. The maximum Gasteiger partial charge on any atom is 0.254 e. The van der Waals surface area contributed by atoms with Crippen molar-refractivity contribution in [1.82, 2.24) is 29.9 Å². The summed E-state index contributed by atoms with van der Waals surface area (Å²) < 4.78 is 7.64. The van der Waals surface area contributed by atoms with E-state index in [1.165, 1.54) is 11.1 Å². The van der Waals surface area contributed by atoms with Crippen molar-refractivity contribution in [2.24, 2.45) is 5.73 Å². The number of hydrogen-bond acceptors (Lipinski definition) is 8. The number of nitrogens with one attached hydrogen (secondary N) is 2. The molecule has 4 heterocycles. The Morgan fingerprint density at radius 1 is 1.00 bits per heavy atom. The minimum absolute atomic E-state index is 0.186. The Balaban J connectivity index is 1.29. The van der Waals surface area contributed by atoms with Gasteiger partial charge >= 0.3 is 0 Å². The summed E-state index contributed by atoms with van der Waals surface area (Å²) in [5, 5.41) is 13.0. The van der Waals surface area contributed by atoms with E-state index in [4.69, 9.17) is 20.6 Å². The molecule has 0 unspecified atom stereocenters. The minimum atomic E-state index is -0.565. The summed E-state index contributed by atoms with van der Waals surface area (Å²) in [5.41, 5.74) is 16.7. The van der Waals surface area contributed by atoms with E-state index in [0.29, 0.717) is 56.4 Å². The summed E-state index contributed by atoms with van der Waals surface area (Å²) in [6.07, 6.45) is 4.34. The molecular formula is C45H56N8O3. The highest BCUT2D eigenvalue weighted by Crippen LogP contribution is 2.34. The number of nitrogens with two attached hydrogens (primary N) is 1. The number of aryl methyl sites for hydroxylation is 4. The van der Waals surface area contributed by atoms with E-state index < -0.39 is 5.91 Å². The maximum atomic E-state index is 14.9. The van der Waals surface area contributed by atoms with Gasteiger partial charge < -0.3 is 26.0 Å². The number of amides is 2. The highest BCUT2D eigenvalue weighted by molar-refractivity contribution is 6.00. The Labute approximate surface area is 330 Å². The van der Waals surface area contributed by atoms with Crippen LogP contribution >= 0.6 is 0 Å². The molecule has 2 aliphatic heterocycles. The van der Waals surface area contributed by atoms with Gasteiger partial charge in [0.15, 0.2) is 5.65 Å². The number of carbonyl (C=O) groups is 2. The Hall–Kier alpha value is -5.10. The van der Waals surface area contributed by atoms with Crippen molar-refractivity contribution in [2.75, 3.05) is 38.2 Å². The van der Waals surface area contributed by atoms with Gasteiger partial charge in [-0.2, -0.15) is 5.10 Å². The third-order valence-electron chi connectivity index (χ3n) is 11.4. The van der Waals surface area contributed by atoms with Gasteiger partial charge in [0.1, 0.15) is 0 Å². The molecule has 0 aliphatic carbocycles. The zero-order valence-corrected chi connectivity index (χ0v) is 33.5. The van der Waals surface area contributed by atoms with Crippen LogP contribution in [0.4, 0.5) is 5.69 Å². The molecule has 2 amide bonds. The minimum Gasteiger partial charge on any atom is -0.381 e. The van der Waals surface area contributed by atoms with Crippen LogP contribution in [0.3, 0.4) is 0 Å². The second kappa shape index (κ2) is 17.4. The zero-order chi connectivity index (χ0) is 39.3. The third kappa shape index (κ3) is 8.65. The van der Waals surface area contributed by atoms with Crippen molar-refractivity contribution in [2.45, 2.75) is 92.1 Å². The predicted octanol–water partition coefficient (Wildman–Crippen LogP) is 6.62. The van der Waals surface area contributed by atoms with E-state index in [0.717, 1.165) is 89.3 Å². The smallest absolute Gasteiger partial charge is 0.254 e. The van der Waals surface area contributed by atoms with E-state index in [1.807, 2.05) is 28.8 Å². The van der Waals surface area contributed by atoms with Crippen molar-refractivity contribution in [3.05, 3.63) is 111 Å². The largest absolute Gasteiger partial charge is 0.381 e. The van der Waals surface area contributed by atoms with Crippen LogP contribution in [0, 0.1) is 13.8 Å². The quantitative estimate of drug-likeness (QED) is 0.122. The lowest BCUT2D eigenvalue weighted by Gasteiger charge is -2.34. The lowest BCUT2D eigenvalue weighted by Crippen LogP contribution is -2.49. The average molecular weight is 757 g/mol. The molecular weight excluding hydrogens is 701 g/mol. The van der Waals surface area contributed by atoms with E-state index in [-0.39, 0.29) is 11.9 Å². The van der Waals surface area contributed by atoms with Crippen LogP contribution in [0.5, 0.6) is 0 Å². The molecule has 11 heteroatoms. The molecule has 2 aromatic heterocycles. The molecule has 5 aromatic rings. The van der Waals surface area contributed by atoms with Crippen LogP contribution in [-0.2, 0) is 37.3 Å². The summed E-state index contributed by atoms with van der Waals surface area (Å²) in [7, 11) is 0. The number of anilines is 1. The van der Waals surface area contributed by atoms with Crippen molar-refractivity contribution in [3.8, 4) is 11.1 Å². The molecule has 56 heavy (non-hydrogen) atoms. The lowest BCUT2D eigenvalue weighted by molar-refractivity contribution is 0.0729. The normalized spacial score (nSPS) is 16.6. The fourth-order valence-electron chi connectivity index (χ4n) is 8.19. The van der Waals surface area contributed by atoms with E-state index >= 15 is 0 Å². The average Bonchev–Trinajstić information content (AvgIpc) is 3.62. The maximum absolute atomic E-state index is 14.9. The number of ether oxygens (including phenoxy) is 1. The van der Waals surface area contributed by atoms with Gasteiger partial charge in [0, 0.05) is 87.0 Å². The van der Waals surface area contributed by atoms with Gasteiger partial charge in [-0.3, -0.25) is 14.5 Å². The zero-order valence-electron chi connectivity index (χ0n) is 33.5. The molecule has 2 saturated heterocycles. The summed E-state index contributed by atoms with van der Waals surface area (Å²) in [6, 6.07) is 21.2. The summed E-state index contributed by atoms with van der Waals surface area (Å²) in [5.74, 6) is -0.751. The number of primary amides is 1. The van der Waals surface area contributed by atoms with Crippen LogP contribution in [0.25, 0.3) is 22.2 Å². The lowest BCUT2D eigenvalue weighted by atomic mass is 9.96. The third-order valence-corrected chi connectivity index (χ3v) is 11.4. The number of rotatable bonds is 13. The number of pyridine rings is 1. The molecule has 294 valence electrons. The Kier molecular flexibility index (Phi) is 12.1. The first kappa shape index (κ1) is 39.1. The second-order valence-electron chi connectivity index (χ2n) is 15.5. The molecule has 7 rings (SSSR count). The Morgan fingerprint density at radius 3 is 2.55 bits per heavy atom. The Bertz CT molecular complexity index is 2210. The molecule has 0 saturated carbocycles. The second-order valence-corrected chi connectivity index (χ2v) is 15.5. The summed E-state index contributed by atoms with van der Waals surface area (Å²) in [4.78, 5) is 36.8. The topological polar surface area (TPSA) is 131 Å². The summed E-state index contributed by atoms with van der Waals surface area (Å²) >= 11 is 0. The van der Waals surface area contributed by atoms with Gasteiger partial charge in [-0.25, -0.2) is 9.67 Å². The van der Waals surface area contributed by atoms with E-state index in [1.54, 1.807) is 12.1 Å². The van der Waals surface area contributed by atoms with Gasteiger partial charge in [0.05, 0.1) is 23.8 Å². The predicted molar refractivity (Wildman–Crippen MR) is 223 cm³/mol. The van der Waals surface area contributed by atoms with Crippen molar-refractivity contribution >= 4 is 28.5 Å². The molecule has 0 bridgehead atoms. The first-order chi connectivity index (χ1) is 27.1. The van der Waals surface area contributed by atoms with Crippen LogP contribution < -0.4 is 16.4 Å². The monoisotopic (exact) mass is 756 g/mol. The van der Waals surface area contributed by atoms with E-state index in [9.17, 15) is 9.59 Å².